The quantitative estimate of drug-likeness (QED) is 0.772. The Morgan fingerprint density at radius 3 is 2.38 bits per heavy atom. The number of hydrogen-bond donors (Lipinski definition) is 2. The van der Waals surface area contributed by atoms with Crippen molar-refractivity contribution in [1.29, 1.82) is 0 Å². The molecule has 0 saturated heterocycles. The molecule has 0 bridgehead atoms. The molecule has 4 nitrogen and oxygen atoms in total. The Morgan fingerprint density at radius 2 is 1.75 bits per heavy atom. The van der Waals surface area contributed by atoms with Gasteiger partial charge in [-0.2, -0.15) is 0 Å². The molecule has 3 N–H and O–H groups in total. The fourth-order valence-corrected chi connectivity index (χ4v) is 2.39. The van der Waals surface area contributed by atoms with Crippen LogP contribution in [0.1, 0.15) is 11.1 Å². The number of hydrogen-bond acceptors (Lipinski definition) is 3. The topological polar surface area (TPSA) is 72.2 Å². The molecule has 90 valence electrons. The number of benzene rings is 1. The van der Waals surface area contributed by atoms with Crippen LogP contribution in [0.2, 0.25) is 0 Å². The van der Waals surface area contributed by atoms with E-state index in [2.05, 4.69) is 5.32 Å². The second kappa shape index (κ2) is 5.14. The molecule has 1 aliphatic heterocycles. The van der Waals surface area contributed by atoms with Crippen LogP contribution in [0, 0.1) is 0 Å². The van der Waals surface area contributed by atoms with Crippen LogP contribution < -0.4 is 10.5 Å². The molecule has 0 aromatic heterocycles. The summed E-state index contributed by atoms with van der Waals surface area (Å²) in [6, 6.07) is 5.14. The van der Waals surface area contributed by atoms with E-state index in [0.717, 1.165) is 31.5 Å². The zero-order chi connectivity index (χ0) is 10.9. The van der Waals surface area contributed by atoms with Crippen LogP contribution in [-0.4, -0.2) is 21.5 Å². The maximum atomic E-state index is 11.2. The normalized spacial score (nSPS) is 15.8. The Labute approximate surface area is 102 Å². The monoisotopic (exact) mass is 262 g/mol. The second-order valence-corrected chi connectivity index (χ2v) is 5.29. The summed E-state index contributed by atoms with van der Waals surface area (Å²) < 4.78 is 22.3. The SMILES string of the molecule is Cl.NS(=O)(=O)c1ccc2c(c1)CCNCC2. The van der Waals surface area contributed by atoms with Gasteiger partial charge in [-0.3, -0.25) is 0 Å². The van der Waals surface area contributed by atoms with E-state index in [1.54, 1.807) is 12.1 Å². The van der Waals surface area contributed by atoms with Crippen LogP contribution in [0.5, 0.6) is 0 Å². The fraction of sp³-hybridized carbons (Fsp3) is 0.400. The lowest BCUT2D eigenvalue weighted by atomic mass is 10.0. The molecule has 0 amide bonds. The molecule has 1 aromatic rings. The maximum Gasteiger partial charge on any atom is 0.238 e. The highest BCUT2D eigenvalue weighted by molar-refractivity contribution is 7.89. The van der Waals surface area contributed by atoms with Gasteiger partial charge >= 0.3 is 0 Å². The summed E-state index contributed by atoms with van der Waals surface area (Å²) in [6.07, 6.45) is 1.80. The molecule has 0 saturated carbocycles. The molecule has 1 aromatic carbocycles. The Bertz CT molecular complexity index is 474. The third-order valence-corrected chi connectivity index (χ3v) is 3.56. The molecular formula is C10H15ClN2O2S. The Kier molecular flexibility index (Phi) is 4.32. The molecule has 0 atom stereocenters. The predicted octanol–water partition coefficient (Wildman–Crippen LogP) is 0.444. The van der Waals surface area contributed by atoms with E-state index < -0.39 is 10.0 Å². The second-order valence-electron chi connectivity index (χ2n) is 3.73. The molecule has 0 unspecified atom stereocenters. The first-order valence-corrected chi connectivity index (χ1v) is 6.47. The van der Waals surface area contributed by atoms with Gasteiger partial charge in [0, 0.05) is 0 Å². The van der Waals surface area contributed by atoms with Crippen LogP contribution in [0.25, 0.3) is 0 Å². The minimum Gasteiger partial charge on any atom is -0.316 e. The lowest BCUT2D eigenvalue weighted by Gasteiger charge is -2.06. The molecule has 0 aliphatic carbocycles. The highest BCUT2D eigenvalue weighted by Gasteiger charge is 2.12. The number of primary sulfonamides is 1. The van der Waals surface area contributed by atoms with E-state index in [1.165, 1.54) is 5.56 Å². The molecule has 0 spiro atoms. The van der Waals surface area contributed by atoms with Gasteiger partial charge in [-0.25, -0.2) is 13.6 Å². The Balaban J connectivity index is 0.00000128. The largest absolute Gasteiger partial charge is 0.316 e. The van der Waals surface area contributed by atoms with Gasteiger partial charge in [0.1, 0.15) is 0 Å². The van der Waals surface area contributed by atoms with Crippen molar-refractivity contribution in [1.82, 2.24) is 5.32 Å². The van der Waals surface area contributed by atoms with Crippen molar-refractivity contribution in [2.24, 2.45) is 5.14 Å². The van der Waals surface area contributed by atoms with Crippen molar-refractivity contribution in [3.63, 3.8) is 0 Å². The third kappa shape index (κ3) is 2.95. The minimum atomic E-state index is -3.57. The molecule has 0 fully saturated rings. The van der Waals surface area contributed by atoms with Crippen LogP contribution in [0.3, 0.4) is 0 Å². The minimum absolute atomic E-state index is 0. The zero-order valence-corrected chi connectivity index (χ0v) is 10.4. The number of nitrogens with two attached hydrogens (primary N) is 1. The fourth-order valence-electron chi connectivity index (χ4n) is 1.83. The van der Waals surface area contributed by atoms with Gasteiger partial charge in [-0.1, -0.05) is 6.07 Å². The third-order valence-electron chi connectivity index (χ3n) is 2.65. The van der Waals surface area contributed by atoms with Crippen LogP contribution >= 0.6 is 12.4 Å². The first-order chi connectivity index (χ1) is 7.07. The summed E-state index contributed by atoms with van der Waals surface area (Å²) in [7, 11) is -3.57. The van der Waals surface area contributed by atoms with Crippen molar-refractivity contribution in [2.75, 3.05) is 13.1 Å². The highest BCUT2D eigenvalue weighted by atomic mass is 35.5. The summed E-state index contributed by atoms with van der Waals surface area (Å²) >= 11 is 0. The van der Waals surface area contributed by atoms with E-state index in [1.807, 2.05) is 6.07 Å². The van der Waals surface area contributed by atoms with Crippen LogP contribution in [0.4, 0.5) is 0 Å². The number of rotatable bonds is 1. The number of halogens is 1. The standard InChI is InChI=1S/C10H14N2O2S.ClH/c11-15(13,14)10-2-1-8-3-5-12-6-4-9(8)7-10;/h1-2,7,12H,3-6H2,(H2,11,13,14);1H. The average molecular weight is 263 g/mol. The molecule has 1 heterocycles. The van der Waals surface area contributed by atoms with Gasteiger partial charge in [-0.05, 0) is 49.2 Å². The molecule has 6 heteroatoms. The van der Waals surface area contributed by atoms with E-state index in [-0.39, 0.29) is 17.3 Å². The molecule has 0 radical (unpaired) electrons. The van der Waals surface area contributed by atoms with Gasteiger partial charge in [0.15, 0.2) is 0 Å². The van der Waals surface area contributed by atoms with Crippen molar-refractivity contribution in [3.8, 4) is 0 Å². The maximum absolute atomic E-state index is 11.2. The van der Waals surface area contributed by atoms with Gasteiger partial charge < -0.3 is 5.32 Å². The van der Waals surface area contributed by atoms with Gasteiger partial charge in [0.2, 0.25) is 10.0 Å². The van der Waals surface area contributed by atoms with E-state index in [4.69, 9.17) is 5.14 Å². The number of nitrogens with one attached hydrogen (secondary N) is 1. The van der Waals surface area contributed by atoms with E-state index in [0.29, 0.717) is 0 Å². The smallest absolute Gasteiger partial charge is 0.238 e. The van der Waals surface area contributed by atoms with Crippen LogP contribution in [-0.2, 0) is 22.9 Å². The van der Waals surface area contributed by atoms with E-state index >= 15 is 0 Å². The van der Waals surface area contributed by atoms with Crippen molar-refractivity contribution >= 4 is 22.4 Å². The van der Waals surface area contributed by atoms with Crippen molar-refractivity contribution in [3.05, 3.63) is 29.3 Å². The zero-order valence-electron chi connectivity index (χ0n) is 8.77. The first-order valence-electron chi connectivity index (χ1n) is 4.93. The molecule has 1 aliphatic rings. The first kappa shape index (κ1) is 13.4. The number of fused-ring (bicyclic) bond motifs is 1. The van der Waals surface area contributed by atoms with Gasteiger partial charge in [-0.15, -0.1) is 12.4 Å². The summed E-state index contributed by atoms with van der Waals surface area (Å²) in [4.78, 5) is 0.211. The molecule has 16 heavy (non-hydrogen) atoms. The van der Waals surface area contributed by atoms with Crippen molar-refractivity contribution < 1.29 is 8.42 Å². The lowest BCUT2D eigenvalue weighted by Crippen LogP contribution is -2.16. The number of sulfonamides is 1. The van der Waals surface area contributed by atoms with E-state index in [9.17, 15) is 8.42 Å². The summed E-state index contributed by atoms with van der Waals surface area (Å²) in [6.45, 7) is 1.84. The Hall–Kier alpha value is -0.620. The molecular weight excluding hydrogens is 248 g/mol. The van der Waals surface area contributed by atoms with Crippen LogP contribution in [0.15, 0.2) is 23.1 Å². The van der Waals surface area contributed by atoms with Crippen molar-refractivity contribution in [2.45, 2.75) is 17.7 Å². The highest BCUT2D eigenvalue weighted by Crippen LogP contribution is 2.17. The average Bonchev–Trinajstić information content (AvgIpc) is 2.39. The Morgan fingerprint density at radius 1 is 1.12 bits per heavy atom. The summed E-state index contributed by atoms with van der Waals surface area (Å²) in [5.41, 5.74) is 2.30. The van der Waals surface area contributed by atoms with Gasteiger partial charge in [0.25, 0.3) is 0 Å². The predicted molar refractivity (Wildman–Crippen MR) is 65.3 cm³/mol. The summed E-state index contributed by atoms with van der Waals surface area (Å²) in [5.74, 6) is 0. The molecule has 2 rings (SSSR count). The summed E-state index contributed by atoms with van der Waals surface area (Å²) in [5, 5.41) is 8.36. The lowest BCUT2D eigenvalue weighted by molar-refractivity contribution is 0.597. The van der Waals surface area contributed by atoms with Gasteiger partial charge in [0.05, 0.1) is 4.90 Å².